The van der Waals surface area contributed by atoms with Gasteiger partial charge in [-0.1, -0.05) is 19.9 Å². The van der Waals surface area contributed by atoms with Crippen LogP contribution in [0.25, 0.3) is 10.6 Å². The van der Waals surface area contributed by atoms with Crippen LogP contribution in [0.15, 0.2) is 23.6 Å². The van der Waals surface area contributed by atoms with Gasteiger partial charge >= 0.3 is 0 Å². The van der Waals surface area contributed by atoms with Crippen molar-refractivity contribution in [2.45, 2.75) is 26.3 Å². The molecule has 1 saturated heterocycles. The molecule has 0 bridgehead atoms. The lowest BCUT2D eigenvalue weighted by Gasteiger charge is -2.12. The van der Waals surface area contributed by atoms with Gasteiger partial charge in [-0.25, -0.2) is 8.42 Å². The van der Waals surface area contributed by atoms with Gasteiger partial charge in [0.2, 0.25) is 0 Å². The summed E-state index contributed by atoms with van der Waals surface area (Å²) in [5.74, 6) is 0.394. The number of rotatable bonds is 5. The van der Waals surface area contributed by atoms with Gasteiger partial charge in [0.05, 0.1) is 28.1 Å². The van der Waals surface area contributed by atoms with Crippen molar-refractivity contribution in [2.24, 2.45) is 5.92 Å². The largest absolute Gasteiger partial charge is 0.350 e. The van der Waals surface area contributed by atoms with Crippen LogP contribution in [0, 0.1) is 5.92 Å². The molecule has 1 fully saturated rings. The predicted octanol–water partition coefficient (Wildman–Crippen LogP) is 2.36. The highest BCUT2D eigenvalue weighted by Crippen LogP contribution is 2.32. The van der Waals surface area contributed by atoms with Gasteiger partial charge in [0.1, 0.15) is 0 Å². The fourth-order valence-corrected chi connectivity index (χ4v) is 5.17. The lowest BCUT2D eigenvalue weighted by molar-refractivity contribution is 0.0943. The minimum atomic E-state index is -3.02. The summed E-state index contributed by atoms with van der Waals surface area (Å²) in [7, 11) is -3.02. The highest BCUT2D eigenvalue weighted by molar-refractivity contribution is 7.91. The molecule has 3 heterocycles. The summed E-state index contributed by atoms with van der Waals surface area (Å²) in [6.07, 6.45) is 0.537. The molecule has 0 aromatic carbocycles. The number of thiophene rings is 1. The predicted molar refractivity (Wildman–Crippen MR) is 95.0 cm³/mol. The van der Waals surface area contributed by atoms with Crippen LogP contribution >= 0.6 is 11.3 Å². The first kappa shape index (κ1) is 17.2. The van der Waals surface area contributed by atoms with Gasteiger partial charge in [-0.3, -0.25) is 9.48 Å². The summed E-state index contributed by atoms with van der Waals surface area (Å²) in [6.45, 7) is 4.64. The van der Waals surface area contributed by atoms with Crippen LogP contribution in [0.2, 0.25) is 0 Å². The van der Waals surface area contributed by atoms with Crippen LogP contribution in [0.5, 0.6) is 0 Å². The molecule has 1 aliphatic rings. The van der Waals surface area contributed by atoms with Gasteiger partial charge in [-0.05, 0) is 29.9 Å². The molecule has 8 heteroatoms. The zero-order valence-electron chi connectivity index (χ0n) is 13.7. The Bertz CT molecular complexity index is 823. The standard InChI is InChI=1S/C16H21N3O3S2/c1-11(2)9-17-16(20)13-8-14(15-4-3-6-23-15)19(18-13)12-5-7-24(21,22)10-12/h3-4,6,8,11-12H,5,7,9-10H2,1-2H3,(H,17,20)/t12-/m0/s1. The molecule has 1 atom stereocenters. The first-order valence-corrected chi connectivity index (χ1v) is 10.7. The molecule has 1 amide bonds. The van der Waals surface area contributed by atoms with E-state index >= 15 is 0 Å². The molecule has 24 heavy (non-hydrogen) atoms. The van der Waals surface area contributed by atoms with Crippen molar-refractivity contribution >= 4 is 27.1 Å². The lowest BCUT2D eigenvalue weighted by Crippen LogP contribution is -2.28. The van der Waals surface area contributed by atoms with Crippen LogP contribution in [-0.4, -0.2) is 42.2 Å². The van der Waals surface area contributed by atoms with E-state index in [0.29, 0.717) is 24.6 Å². The van der Waals surface area contributed by atoms with Crippen molar-refractivity contribution in [2.75, 3.05) is 18.1 Å². The molecule has 0 saturated carbocycles. The van der Waals surface area contributed by atoms with E-state index in [1.165, 1.54) is 0 Å². The molecule has 130 valence electrons. The first-order valence-electron chi connectivity index (χ1n) is 7.98. The molecule has 0 aliphatic carbocycles. The van der Waals surface area contributed by atoms with E-state index in [9.17, 15) is 13.2 Å². The number of carbonyl (C=O) groups is 1. The Hall–Kier alpha value is -1.67. The second kappa shape index (κ2) is 6.68. The molecule has 2 aromatic heterocycles. The van der Waals surface area contributed by atoms with Gasteiger partial charge in [0.25, 0.3) is 5.91 Å². The Balaban J connectivity index is 1.93. The molecule has 6 nitrogen and oxygen atoms in total. The van der Waals surface area contributed by atoms with Crippen LogP contribution in [0.3, 0.4) is 0 Å². The van der Waals surface area contributed by atoms with E-state index in [1.807, 2.05) is 31.4 Å². The summed E-state index contributed by atoms with van der Waals surface area (Å²) in [4.78, 5) is 13.3. The molecule has 0 unspecified atom stereocenters. The normalized spacial score (nSPS) is 19.7. The van der Waals surface area contributed by atoms with Gasteiger partial charge in [0.15, 0.2) is 15.5 Å². The number of hydrogen-bond acceptors (Lipinski definition) is 5. The van der Waals surface area contributed by atoms with E-state index in [0.717, 1.165) is 10.6 Å². The highest BCUT2D eigenvalue weighted by atomic mass is 32.2. The van der Waals surface area contributed by atoms with E-state index in [1.54, 1.807) is 22.1 Å². The number of nitrogens with zero attached hydrogens (tertiary/aromatic N) is 2. The Morgan fingerprint density at radius 1 is 1.50 bits per heavy atom. The minimum absolute atomic E-state index is 0.0834. The van der Waals surface area contributed by atoms with Crippen molar-refractivity contribution in [3.05, 3.63) is 29.3 Å². The summed E-state index contributed by atoms with van der Waals surface area (Å²) in [5.41, 5.74) is 1.14. The van der Waals surface area contributed by atoms with E-state index in [2.05, 4.69) is 10.4 Å². The van der Waals surface area contributed by atoms with Crippen molar-refractivity contribution in [1.82, 2.24) is 15.1 Å². The zero-order valence-corrected chi connectivity index (χ0v) is 15.4. The Morgan fingerprint density at radius 2 is 2.29 bits per heavy atom. The average molecular weight is 367 g/mol. The van der Waals surface area contributed by atoms with E-state index in [4.69, 9.17) is 0 Å². The maximum Gasteiger partial charge on any atom is 0.271 e. The summed E-state index contributed by atoms with van der Waals surface area (Å²) >= 11 is 1.55. The maximum atomic E-state index is 12.3. The quantitative estimate of drug-likeness (QED) is 0.880. The average Bonchev–Trinajstić information content (AvgIpc) is 3.22. The molecular formula is C16H21N3O3S2. The SMILES string of the molecule is CC(C)CNC(=O)c1cc(-c2cccs2)n([C@H]2CCS(=O)(=O)C2)n1. The minimum Gasteiger partial charge on any atom is -0.350 e. The van der Waals surface area contributed by atoms with Crippen LogP contribution in [0.1, 0.15) is 36.8 Å². The number of carbonyl (C=O) groups excluding carboxylic acids is 1. The van der Waals surface area contributed by atoms with Gasteiger partial charge < -0.3 is 5.32 Å². The molecule has 3 rings (SSSR count). The zero-order chi connectivity index (χ0) is 17.3. The van der Waals surface area contributed by atoms with Crippen LogP contribution < -0.4 is 5.32 Å². The molecule has 2 aromatic rings. The van der Waals surface area contributed by atoms with E-state index < -0.39 is 9.84 Å². The van der Waals surface area contributed by atoms with Crippen molar-refractivity contribution in [1.29, 1.82) is 0 Å². The van der Waals surface area contributed by atoms with E-state index in [-0.39, 0.29) is 23.5 Å². The summed E-state index contributed by atoms with van der Waals surface area (Å²) in [6, 6.07) is 5.43. The highest BCUT2D eigenvalue weighted by Gasteiger charge is 2.32. The third-order valence-corrected chi connectivity index (χ3v) is 6.61. The first-order chi connectivity index (χ1) is 11.4. The Labute approximate surface area is 145 Å². The fraction of sp³-hybridized carbons (Fsp3) is 0.500. The summed E-state index contributed by atoms with van der Waals surface area (Å²) in [5, 5.41) is 9.25. The molecular weight excluding hydrogens is 346 g/mol. The molecule has 0 spiro atoms. The van der Waals surface area contributed by atoms with Crippen molar-refractivity contribution < 1.29 is 13.2 Å². The van der Waals surface area contributed by atoms with Crippen molar-refractivity contribution in [3.8, 4) is 10.6 Å². The Morgan fingerprint density at radius 3 is 2.88 bits per heavy atom. The molecule has 1 N–H and O–H groups in total. The van der Waals surface area contributed by atoms with Crippen molar-refractivity contribution in [3.63, 3.8) is 0 Å². The smallest absolute Gasteiger partial charge is 0.271 e. The summed E-state index contributed by atoms with van der Waals surface area (Å²) < 4.78 is 25.3. The number of hydrogen-bond donors (Lipinski definition) is 1. The number of aromatic nitrogens is 2. The van der Waals surface area contributed by atoms with Gasteiger partial charge in [-0.2, -0.15) is 5.10 Å². The second-order valence-electron chi connectivity index (χ2n) is 6.50. The van der Waals surface area contributed by atoms with Gasteiger partial charge in [0, 0.05) is 6.54 Å². The fourth-order valence-electron chi connectivity index (χ4n) is 2.75. The molecule has 0 radical (unpaired) electrons. The second-order valence-corrected chi connectivity index (χ2v) is 9.67. The number of amides is 1. The molecule has 1 aliphatic heterocycles. The number of nitrogens with one attached hydrogen (secondary N) is 1. The number of sulfone groups is 1. The maximum absolute atomic E-state index is 12.3. The Kier molecular flexibility index (Phi) is 4.78. The lowest BCUT2D eigenvalue weighted by atomic mass is 10.2. The van der Waals surface area contributed by atoms with Gasteiger partial charge in [-0.15, -0.1) is 11.3 Å². The van der Waals surface area contributed by atoms with Crippen LogP contribution in [0.4, 0.5) is 0 Å². The monoisotopic (exact) mass is 367 g/mol. The third-order valence-electron chi connectivity index (χ3n) is 3.97. The topological polar surface area (TPSA) is 81.1 Å². The van der Waals surface area contributed by atoms with Crippen LogP contribution in [-0.2, 0) is 9.84 Å². The third kappa shape index (κ3) is 3.70.